The van der Waals surface area contributed by atoms with Crippen molar-refractivity contribution in [2.45, 2.75) is 43.8 Å². The first-order chi connectivity index (χ1) is 11.7. The van der Waals surface area contributed by atoms with Gasteiger partial charge in [-0.15, -0.1) is 11.3 Å². The molecule has 1 fully saturated rings. The van der Waals surface area contributed by atoms with Crippen LogP contribution in [0.2, 0.25) is 0 Å². The van der Waals surface area contributed by atoms with Gasteiger partial charge in [-0.3, -0.25) is 9.59 Å². The number of carbonyl (C=O) groups excluding carboxylic acids is 1. The lowest BCUT2D eigenvalue weighted by Gasteiger charge is -2.23. The predicted octanol–water partition coefficient (Wildman–Crippen LogP) is 3.24. The largest absolute Gasteiger partial charge is 0.334 e. The van der Waals surface area contributed by atoms with Crippen molar-refractivity contribution >= 4 is 29.0 Å². The molecule has 0 saturated carbocycles. The van der Waals surface area contributed by atoms with E-state index in [0.29, 0.717) is 10.9 Å². The third-order valence-electron chi connectivity index (χ3n) is 4.06. The molecule has 1 unspecified atom stereocenters. The highest BCUT2D eigenvalue weighted by Gasteiger charge is 2.30. The number of likely N-dealkylation sites (tertiary alicyclic amines) is 1. The molecule has 0 aliphatic carbocycles. The number of aromatic amines is 1. The van der Waals surface area contributed by atoms with Crippen LogP contribution in [-0.2, 0) is 11.2 Å². The van der Waals surface area contributed by atoms with E-state index in [1.807, 2.05) is 11.0 Å². The van der Waals surface area contributed by atoms with Crippen LogP contribution in [0.4, 0.5) is 0 Å². The van der Waals surface area contributed by atoms with Gasteiger partial charge in [0.25, 0.3) is 5.56 Å². The molecule has 1 saturated heterocycles. The van der Waals surface area contributed by atoms with E-state index in [0.717, 1.165) is 37.9 Å². The first-order valence-corrected chi connectivity index (χ1v) is 10.1. The number of nitrogens with one attached hydrogen (secondary N) is 1. The summed E-state index contributed by atoms with van der Waals surface area (Å²) >= 11 is 3.02. The minimum Gasteiger partial charge on any atom is -0.334 e. The second-order valence-corrected chi connectivity index (χ2v) is 7.78. The summed E-state index contributed by atoms with van der Waals surface area (Å²) < 4.78 is 0. The monoisotopic (exact) mass is 363 g/mol. The molecule has 7 heteroatoms. The molecular weight excluding hydrogens is 342 g/mol. The molecule has 1 amide bonds. The number of rotatable bonds is 6. The lowest BCUT2D eigenvalue weighted by Crippen LogP contribution is -2.31. The fraction of sp³-hybridized carbons (Fsp3) is 0.471. The molecule has 3 heterocycles. The summed E-state index contributed by atoms with van der Waals surface area (Å²) in [7, 11) is 0. The highest BCUT2D eigenvalue weighted by Crippen LogP contribution is 2.34. The van der Waals surface area contributed by atoms with Crippen LogP contribution in [0.5, 0.6) is 0 Å². The van der Waals surface area contributed by atoms with Gasteiger partial charge >= 0.3 is 0 Å². The maximum Gasteiger partial charge on any atom is 0.251 e. The summed E-state index contributed by atoms with van der Waals surface area (Å²) in [5.41, 5.74) is 0.634. The van der Waals surface area contributed by atoms with E-state index < -0.39 is 0 Å². The average Bonchev–Trinajstić information content (AvgIpc) is 3.23. The Morgan fingerprint density at radius 1 is 1.54 bits per heavy atom. The summed E-state index contributed by atoms with van der Waals surface area (Å²) in [5, 5.41) is 2.59. The van der Waals surface area contributed by atoms with Crippen LogP contribution < -0.4 is 5.56 Å². The lowest BCUT2D eigenvalue weighted by molar-refractivity contribution is -0.129. The molecule has 128 valence electrons. The van der Waals surface area contributed by atoms with E-state index in [9.17, 15) is 9.59 Å². The van der Waals surface area contributed by atoms with Crippen LogP contribution in [0, 0.1) is 0 Å². The number of hydrogen-bond acceptors (Lipinski definition) is 5. The third kappa shape index (κ3) is 4.08. The van der Waals surface area contributed by atoms with E-state index in [2.05, 4.69) is 28.3 Å². The van der Waals surface area contributed by atoms with E-state index >= 15 is 0 Å². The van der Waals surface area contributed by atoms with Gasteiger partial charge in [0, 0.05) is 23.2 Å². The molecule has 1 aliphatic heterocycles. The number of hydrogen-bond donors (Lipinski definition) is 1. The zero-order chi connectivity index (χ0) is 16.9. The Hall–Kier alpha value is -1.60. The van der Waals surface area contributed by atoms with Crippen molar-refractivity contribution in [3.63, 3.8) is 0 Å². The topological polar surface area (TPSA) is 66.1 Å². The molecule has 1 N–H and O–H groups in total. The standard InChI is InChI=1S/C17H21N3O2S2/c1-2-5-12-10-15(21)19-17(18-12)24-11-16(22)20-8-3-6-13(20)14-7-4-9-23-14/h4,7,9-10,13H,2-3,5-6,8,11H2,1H3,(H,18,19,21). The van der Waals surface area contributed by atoms with Gasteiger partial charge in [0.05, 0.1) is 11.8 Å². The van der Waals surface area contributed by atoms with Gasteiger partial charge in [0.2, 0.25) is 5.91 Å². The second-order valence-electron chi connectivity index (χ2n) is 5.84. The van der Waals surface area contributed by atoms with Gasteiger partial charge in [-0.2, -0.15) is 0 Å². The van der Waals surface area contributed by atoms with E-state index in [1.165, 1.54) is 22.7 Å². The molecule has 1 aliphatic rings. The lowest BCUT2D eigenvalue weighted by atomic mass is 10.2. The summed E-state index contributed by atoms with van der Waals surface area (Å²) in [6.07, 6.45) is 3.78. The van der Waals surface area contributed by atoms with Crippen molar-refractivity contribution in [3.05, 3.63) is 44.5 Å². The molecule has 3 rings (SSSR count). The van der Waals surface area contributed by atoms with Crippen molar-refractivity contribution < 1.29 is 4.79 Å². The first kappa shape index (κ1) is 17.2. The summed E-state index contributed by atoms with van der Waals surface area (Å²) in [6, 6.07) is 5.87. The molecule has 0 bridgehead atoms. The Morgan fingerprint density at radius 3 is 3.17 bits per heavy atom. The molecule has 5 nitrogen and oxygen atoms in total. The number of aromatic nitrogens is 2. The minimum absolute atomic E-state index is 0.111. The highest BCUT2D eigenvalue weighted by atomic mass is 32.2. The number of amides is 1. The Labute approximate surface area is 149 Å². The quantitative estimate of drug-likeness (QED) is 0.632. The molecule has 1 atom stereocenters. The van der Waals surface area contributed by atoms with Gasteiger partial charge in [-0.05, 0) is 30.7 Å². The molecular formula is C17H21N3O2S2. The zero-order valence-corrected chi connectivity index (χ0v) is 15.3. The fourth-order valence-corrected chi connectivity index (χ4v) is 4.65. The average molecular weight is 364 g/mol. The first-order valence-electron chi connectivity index (χ1n) is 8.23. The van der Waals surface area contributed by atoms with Crippen molar-refractivity contribution in [2.75, 3.05) is 12.3 Å². The SMILES string of the molecule is CCCc1cc(=O)[nH]c(SCC(=O)N2CCCC2c2cccs2)n1. The Morgan fingerprint density at radius 2 is 2.42 bits per heavy atom. The molecule has 0 spiro atoms. The maximum atomic E-state index is 12.6. The van der Waals surface area contributed by atoms with Gasteiger partial charge in [0.15, 0.2) is 5.16 Å². The van der Waals surface area contributed by atoms with Crippen LogP contribution in [0.15, 0.2) is 33.5 Å². The number of carbonyl (C=O) groups is 1. The van der Waals surface area contributed by atoms with E-state index in [1.54, 1.807) is 11.3 Å². The van der Waals surface area contributed by atoms with E-state index in [-0.39, 0.29) is 17.5 Å². The van der Waals surface area contributed by atoms with Crippen molar-refractivity contribution in [3.8, 4) is 0 Å². The van der Waals surface area contributed by atoms with Crippen LogP contribution >= 0.6 is 23.1 Å². The molecule has 0 aromatic carbocycles. The summed E-state index contributed by atoms with van der Waals surface area (Å²) in [4.78, 5) is 34.7. The van der Waals surface area contributed by atoms with Crippen LogP contribution in [-0.4, -0.2) is 33.1 Å². The minimum atomic E-state index is -0.152. The van der Waals surface area contributed by atoms with Gasteiger partial charge < -0.3 is 9.88 Å². The smallest absolute Gasteiger partial charge is 0.251 e. The molecule has 2 aromatic rings. The summed E-state index contributed by atoms with van der Waals surface area (Å²) in [6.45, 7) is 2.86. The predicted molar refractivity (Wildman–Crippen MR) is 97.6 cm³/mol. The van der Waals surface area contributed by atoms with Crippen molar-refractivity contribution in [1.82, 2.24) is 14.9 Å². The number of thioether (sulfide) groups is 1. The number of H-pyrrole nitrogens is 1. The normalized spacial score (nSPS) is 17.4. The Kier molecular flexibility index (Phi) is 5.73. The van der Waals surface area contributed by atoms with E-state index in [4.69, 9.17) is 0 Å². The molecule has 0 radical (unpaired) electrons. The van der Waals surface area contributed by atoms with Gasteiger partial charge in [-0.1, -0.05) is 31.2 Å². The van der Waals surface area contributed by atoms with Crippen LogP contribution in [0.3, 0.4) is 0 Å². The highest BCUT2D eigenvalue weighted by molar-refractivity contribution is 7.99. The van der Waals surface area contributed by atoms with Crippen molar-refractivity contribution in [2.24, 2.45) is 0 Å². The number of thiophene rings is 1. The van der Waals surface area contributed by atoms with Crippen LogP contribution in [0.25, 0.3) is 0 Å². The van der Waals surface area contributed by atoms with Gasteiger partial charge in [-0.25, -0.2) is 4.98 Å². The van der Waals surface area contributed by atoms with Gasteiger partial charge in [0.1, 0.15) is 0 Å². The third-order valence-corrected chi connectivity index (χ3v) is 5.89. The second kappa shape index (κ2) is 7.98. The van der Waals surface area contributed by atoms with Crippen molar-refractivity contribution in [1.29, 1.82) is 0 Å². The van der Waals surface area contributed by atoms with Crippen LogP contribution in [0.1, 0.15) is 42.8 Å². The summed E-state index contributed by atoms with van der Waals surface area (Å²) in [5.74, 6) is 0.417. The number of aryl methyl sites for hydroxylation is 1. The Bertz CT molecular complexity index is 743. The molecule has 24 heavy (non-hydrogen) atoms. The maximum absolute atomic E-state index is 12.6. The fourth-order valence-electron chi connectivity index (χ4n) is 2.99. The zero-order valence-electron chi connectivity index (χ0n) is 13.7. The Balaban J connectivity index is 1.64. The molecule has 2 aromatic heterocycles. The number of nitrogens with zero attached hydrogens (tertiary/aromatic N) is 2.